The zero-order valence-corrected chi connectivity index (χ0v) is 17.3. The van der Waals surface area contributed by atoms with Crippen LogP contribution in [0.2, 0.25) is 0 Å². The molecule has 2 heterocycles. The van der Waals surface area contributed by atoms with Crippen molar-refractivity contribution in [3.8, 4) is 22.4 Å². The number of hydrogen-bond acceptors (Lipinski definition) is 4. The molecule has 0 unspecified atom stereocenters. The summed E-state index contributed by atoms with van der Waals surface area (Å²) in [6, 6.07) is 16.7. The zero-order valence-electron chi connectivity index (χ0n) is 15.7. The van der Waals surface area contributed by atoms with E-state index in [4.69, 9.17) is 0 Å². The van der Waals surface area contributed by atoms with Crippen LogP contribution in [0.15, 0.2) is 82.5 Å². The molecule has 4 aromatic rings. The Morgan fingerprint density at radius 1 is 1.03 bits per heavy atom. The zero-order chi connectivity index (χ0) is 20.4. The quantitative estimate of drug-likeness (QED) is 0.473. The fourth-order valence-electron chi connectivity index (χ4n) is 3.24. The van der Waals surface area contributed by atoms with E-state index in [9.17, 15) is 12.8 Å². The minimum absolute atomic E-state index is 0.158. The summed E-state index contributed by atoms with van der Waals surface area (Å²) in [5.74, 6) is -0.468. The van der Waals surface area contributed by atoms with E-state index in [2.05, 4.69) is 5.32 Å². The molecule has 0 saturated heterocycles. The Bertz CT molecular complexity index is 1250. The molecule has 0 aliphatic heterocycles. The van der Waals surface area contributed by atoms with Crippen LogP contribution in [0.5, 0.6) is 0 Å². The molecular formula is C22H19FN2O2S2. The third-order valence-corrected chi connectivity index (χ3v) is 6.97. The first-order valence-electron chi connectivity index (χ1n) is 8.99. The maximum atomic E-state index is 14.5. The van der Waals surface area contributed by atoms with Gasteiger partial charge in [-0.1, -0.05) is 24.3 Å². The van der Waals surface area contributed by atoms with Gasteiger partial charge in [0.2, 0.25) is 0 Å². The Morgan fingerprint density at radius 3 is 2.59 bits per heavy atom. The lowest BCUT2D eigenvalue weighted by Crippen LogP contribution is -2.14. The Hall–Kier alpha value is -2.74. The van der Waals surface area contributed by atoms with Gasteiger partial charge in [0.15, 0.2) is 0 Å². The number of rotatable bonds is 6. The van der Waals surface area contributed by atoms with Gasteiger partial charge in [0.1, 0.15) is 5.82 Å². The Balaban J connectivity index is 1.87. The molecule has 4 rings (SSSR count). The number of nitrogens with zero attached hydrogens (tertiary/aromatic N) is 1. The molecule has 148 valence electrons. The molecule has 0 aliphatic carbocycles. The maximum absolute atomic E-state index is 14.5. The van der Waals surface area contributed by atoms with Gasteiger partial charge < -0.3 is 5.32 Å². The van der Waals surface area contributed by atoms with Gasteiger partial charge in [-0.2, -0.15) is 11.3 Å². The molecule has 29 heavy (non-hydrogen) atoms. The highest BCUT2D eigenvalue weighted by atomic mass is 32.2. The van der Waals surface area contributed by atoms with Crippen molar-refractivity contribution in [3.63, 3.8) is 0 Å². The molecule has 0 radical (unpaired) electrons. The van der Waals surface area contributed by atoms with Crippen molar-refractivity contribution < 1.29 is 12.8 Å². The van der Waals surface area contributed by atoms with E-state index in [0.29, 0.717) is 12.2 Å². The minimum atomic E-state index is -3.92. The summed E-state index contributed by atoms with van der Waals surface area (Å²) >= 11 is 1.55. The van der Waals surface area contributed by atoms with Gasteiger partial charge in [-0.15, -0.1) is 0 Å². The van der Waals surface area contributed by atoms with Crippen molar-refractivity contribution in [2.45, 2.75) is 11.4 Å². The van der Waals surface area contributed by atoms with Gasteiger partial charge >= 0.3 is 0 Å². The van der Waals surface area contributed by atoms with Crippen LogP contribution >= 0.6 is 11.3 Å². The molecule has 0 amide bonds. The Morgan fingerprint density at radius 2 is 1.86 bits per heavy atom. The summed E-state index contributed by atoms with van der Waals surface area (Å²) in [6.07, 6.45) is 1.55. The van der Waals surface area contributed by atoms with Gasteiger partial charge in [-0.3, -0.25) is 0 Å². The maximum Gasteiger partial charge on any atom is 0.268 e. The SMILES string of the molecule is CNCc1cc(-c2ccccc2F)n(S(=O)(=O)c2cccc(-c3ccsc3)c2)c1. The lowest BCUT2D eigenvalue weighted by molar-refractivity contribution is 0.587. The first-order chi connectivity index (χ1) is 14.0. The summed E-state index contributed by atoms with van der Waals surface area (Å²) in [7, 11) is -2.14. The highest BCUT2D eigenvalue weighted by Crippen LogP contribution is 2.31. The monoisotopic (exact) mass is 426 g/mol. The van der Waals surface area contributed by atoms with Gasteiger partial charge in [0, 0.05) is 18.3 Å². The molecule has 0 spiro atoms. The second-order valence-corrected chi connectivity index (χ2v) is 9.18. The second-order valence-electron chi connectivity index (χ2n) is 6.58. The van der Waals surface area contributed by atoms with Crippen LogP contribution in [-0.2, 0) is 16.6 Å². The van der Waals surface area contributed by atoms with E-state index in [1.54, 1.807) is 67.0 Å². The summed E-state index contributed by atoms with van der Waals surface area (Å²) in [5, 5.41) is 6.93. The molecule has 0 bridgehead atoms. The molecule has 0 atom stereocenters. The largest absolute Gasteiger partial charge is 0.316 e. The molecule has 0 aliphatic rings. The predicted octanol–water partition coefficient (Wildman–Crippen LogP) is 4.98. The normalized spacial score (nSPS) is 11.7. The van der Waals surface area contributed by atoms with Crippen molar-refractivity contribution >= 4 is 21.4 Å². The minimum Gasteiger partial charge on any atom is -0.316 e. The third kappa shape index (κ3) is 3.76. The predicted molar refractivity (Wildman–Crippen MR) is 115 cm³/mol. The summed E-state index contributed by atoms with van der Waals surface area (Å²) in [5.41, 5.74) is 3.08. The number of hydrogen-bond donors (Lipinski definition) is 1. The fraction of sp³-hybridized carbons (Fsp3) is 0.0909. The average Bonchev–Trinajstić information content (AvgIpc) is 3.39. The topological polar surface area (TPSA) is 51.1 Å². The average molecular weight is 427 g/mol. The van der Waals surface area contributed by atoms with E-state index in [1.807, 2.05) is 22.9 Å². The number of thiophene rings is 1. The van der Waals surface area contributed by atoms with E-state index in [0.717, 1.165) is 16.7 Å². The van der Waals surface area contributed by atoms with Crippen LogP contribution in [-0.4, -0.2) is 19.4 Å². The molecule has 4 nitrogen and oxygen atoms in total. The van der Waals surface area contributed by atoms with Gasteiger partial charge in [0.05, 0.1) is 10.6 Å². The van der Waals surface area contributed by atoms with Crippen LogP contribution in [0.25, 0.3) is 22.4 Å². The van der Waals surface area contributed by atoms with Crippen LogP contribution in [0.3, 0.4) is 0 Å². The van der Waals surface area contributed by atoms with Crippen LogP contribution in [0.4, 0.5) is 4.39 Å². The van der Waals surface area contributed by atoms with E-state index >= 15 is 0 Å². The number of halogens is 1. The molecule has 2 aromatic carbocycles. The Labute approximate surface area is 173 Å². The standard InChI is InChI=1S/C22H19FN2O2S2/c1-24-13-16-11-22(20-7-2-3-8-21(20)23)25(14-16)29(26,27)19-6-4-5-17(12-19)18-9-10-28-15-18/h2-12,14-15,24H,13H2,1H3. The smallest absolute Gasteiger partial charge is 0.268 e. The third-order valence-electron chi connectivity index (χ3n) is 4.62. The second kappa shape index (κ2) is 7.94. The molecule has 0 saturated carbocycles. The molecule has 7 heteroatoms. The molecular weight excluding hydrogens is 407 g/mol. The first-order valence-corrected chi connectivity index (χ1v) is 11.4. The fourth-order valence-corrected chi connectivity index (χ4v) is 5.34. The van der Waals surface area contributed by atoms with Crippen LogP contribution in [0.1, 0.15) is 5.56 Å². The van der Waals surface area contributed by atoms with E-state index in [-0.39, 0.29) is 10.5 Å². The van der Waals surface area contributed by atoms with Gasteiger partial charge in [-0.05, 0) is 70.9 Å². The molecule has 1 N–H and O–H groups in total. The van der Waals surface area contributed by atoms with Crippen molar-refractivity contribution in [2.75, 3.05) is 7.05 Å². The van der Waals surface area contributed by atoms with Gasteiger partial charge in [0.25, 0.3) is 10.0 Å². The summed E-state index contributed by atoms with van der Waals surface area (Å²) in [6.45, 7) is 0.471. The lowest BCUT2D eigenvalue weighted by Gasteiger charge is -2.12. The highest BCUT2D eigenvalue weighted by molar-refractivity contribution is 7.90. The number of benzene rings is 2. The highest BCUT2D eigenvalue weighted by Gasteiger charge is 2.23. The van der Waals surface area contributed by atoms with Crippen molar-refractivity contribution in [2.24, 2.45) is 0 Å². The molecule has 2 aromatic heterocycles. The lowest BCUT2D eigenvalue weighted by atomic mass is 10.1. The van der Waals surface area contributed by atoms with Crippen LogP contribution in [0, 0.1) is 5.82 Å². The van der Waals surface area contributed by atoms with Crippen molar-refractivity contribution in [1.29, 1.82) is 0 Å². The van der Waals surface area contributed by atoms with E-state index in [1.165, 1.54) is 10.0 Å². The Kier molecular flexibility index (Phi) is 5.36. The number of aromatic nitrogens is 1. The first kappa shape index (κ1) is 19.6. The van der Waals surface area contributed by atoms with Gasteiger partial charge in [-0.25, -0.2) is 16.8 Å². The van der Waals surface area contributed by atoms with Crippen molar-refractivity contribution in [3.05, 3.63) is 89.0 Å². The number of nitrogens with one attached hydrogen (secondary N) is 1. The summed E-state index contributed by atoms with van der Waals surface area (Å²) < 4.78 is 42.6. The van der Waals surface area contributed by atoms with Crippen LogP contribution < -0.4 is 5.32 Å². The summed E-state index contributed by atoms with van der Waals surface area (Å²) in [4.78, 5) is 0.158. The van der Waals surface area contributed by atoms with Crippen molar-refractivity contribution in [1.82, 2.24) is 9.29 Å². The van der Waals surface area contributed by atoms with E-state index < -0.39 is 15.8 Å². The molecule has 0 fully saturated rings.